The highest BCUT2D eigenvalue weighted by Crippen LogP contribution is 2.16. The van der Waals surface area contributed by atoms with Crippen molar-refractivity contribution in [3.63, 3.8) is 0 Å². The molecule has 0 aliphatic carbocycles. The van der Waals surface area contributed by atoms with Crippen molar-refractivity contribution >= 4 is 6.08 Å². The van der Waals surface area contributed by atoms with E-state index in [1.807, 2.05) is 0 Å². The van der Waals surface area contributed by atoms with Gasteiger partial charge in [0.25, 0.3) is 0 Å². The van der Waals surface area contributed by atoms with E-state index in [2.05, 4.69) is 58.0 Å². The number of hydrogen-bond donors (Lipinski definition) is 0. The van der Waals surface area contributed by atoms with Crippen molar-refractivity contribution in [2.45, 2.75) is 40.5 Å². The molecule has 0 aromatic heterocycles. The predicted octanol–water partition coefficient (Wildman–Crippen LogP) is 4.92. The zero-order valence-electron chi connectivity index (χ0n) is 11.5. The average Bonchev–Trinajstić information content (AvgIpc) is 2.31. The number of hydrogen-bond acceptors (Lipinski definition) is 1. The zero-order chi connectivity index (χ0) is 12.7. The minimum Gasteiger partial charge on any atom is -0.494 e. The first kappa shape index (κ1) is 13.8. The maximum atomic E-state index is 5.68. The van der Waals surface area contributed by atoms with Crippen LogP contribution >= 0.6 is 0 Å². The van der Waals surface area contributed by atoms with Crippen LogP contribution in [0.3, 0.4) is 0 Å². The minimum absolute atomic E-state index is 0.699. The molecule has 94 valence electrons. The lowest BCUT2D eigenvalue weighted by atomic mass is 10.1. The van der Waals surface area contributed by atoms with Crippen LogP contribution in [0, 0.1) is 5.92 Å². The van der Waals surface area contributed by atoms with Gasteiger partial charge in [-0.15, -0.1) is 0 Å². The van der Waals surface area contributed by atoms with Crippen molar-refractivity contribution in [2.24, 2.45) is 5.92 Å². The van der Waals surface area contributed by atoms with E-state index < -0.39 is 0 Å². The Bertz CT molecular complexity index is 346. The van der Waals surface area contributed by atoms with Gasteiger partial charge in [0.05, 0.1) is 6.61 Å². The van der Waals surface area contributed by atoms with Crippen LogP contribution in [0.15, 0.2) is 29.8 Å². The molecule has 0 N–H and O–H groups in total. The normalized spacial score (nSPS) is 11.9. The van der Waals surface area contributed by atoms with Gasteiger partial charge in [0.1, 0.15) is 5.75 Å². The average molecular weight is 232 g/mol. The molecule has 17 heavy (non-hydrogen) atoms. The van der Waals surface area contributed by atoms with Crippen LogP contribution in [-0.4, -0.2) is 6.61 Å². The molecule has 0 amide bonds. The number of allylic oxidation sites excluding steroid dienone is 1. The van der Waals surface area contributed by atoms with Gasteiger partial charge >= 0.3 is 0 Å². The topological polar surface area (TPSA) is 9.23 Å². The molecule has 0 aliphatic heterocycles. The van der Waals surface area contributed by atoms with Crippen LogP contribution in [0.1, 0.15) is 46.1 Å². The Balaban J connectivity index is 2.50. The molecule has 0 aliphatic rings. The van der Waals surface area contributed by atoms with Crippen LogP contribution in [-0.2, 0) is 0 Å². The van der Waals surface area contributed by atoms with Gasteiger partial charge in [-0.2, -0.15) is 0 Å². The molecule has 0 fully saturated rings. The molecule has 1 heteroatoms. The molecule has 1 aromatic carbocycles. The van der Waals surface area contributed by atoms with Gasteiger partial charge in [0.2, 0.25) is 0 Å². The van der Waals surface area contributed by atoms with E-state index in [0.29, 0.717) is 5.92 Å². The summed E-state index contributed by atoms with van der Waals surface area (Å²) in [4.78, 5) is 0. The first-order valence-corrected chi connectivity index (χ1v) is 6.52. The van der Waals surface area contributed by atoms with Gasteiger partial charge in [0.15, 0.2) is 0 Å². The highest BCUT2D eigenvalue weighted by atomic mass is 16.5. The van der Waals surface area contributed by atoms with E-state index in [0.717, 1.165) is 25.2 Å². The molecule has 1 aromatic rings. The Kier molecular flexibility index (Phi) is 5.82. The molecule has 0 unspecified atom stereocenters. The second-order valence-electron chi connectivity index (χ2n) is 4.94. The third kappa shape index (κ3) is 5.58. The van der Waals surface area contributed by atoms with E-state index in [4.69, 9.17) is 4.74 Å². The summed E-state index contributed by atoms with van der Waals surface area (Å²) in [5, 5.41) is 0. The fourth-order valence-electron chi connectivity index (χ4n) is 1.46. The highest BCUT2D eigenvalue weighted by molar-refractivity contribution is 5.53. The summed E-state index contributed by atoms with van der Waals surface area (Å²) >= 11 is 0. The SMILES string of the molecule is CCC(C)=Cc1ccc(OCCC(C)C)cc1. The van der Waals surface area contributed by atoms with Gasteiger partial charge in [-0.3, -0.25) is 0 Å². The maximum absolute atomic E-state index is 5.68. The van der Waals surface area contributed by atoms with Crippen molar-refractivity contribution < 1.29 is 4.74 Å². The lowest BCUT2D eigenvalue weighted by molar-refractivity contribution is 0.289. The quantitative estimate of drug-likeness (QED) is 0.676. The Morgan fingerprint density at radius 2 is 1.88 bits per heavy atom. The summed E-state index contributed by atoms with van der Waals surface area (Å²) < 4.78 is 5.68. The summed E-state index contributed by atoms with van der Waals surface area (Å²) in [6.07, 6.45) is 4.43. The number of rotatable bonds is 6. The molecule has 1 rings (SSSR count). The first-order chi connectivity index (χ1) is 8.11. The molecule has 0 atom stereocenters. The lowest BCUT2D eigenvalue weighted by Gasteiger charge is -2.08. The van der Waals surface area contributed by atoms with Crippen molar-refractivity contribution in [2.75, 3.05) is 6.61 Å². The fourth-order valence-corrected chi connectivity index (χ4v) is 1.46. The van der Waals surface area contributed by atoms with Crippen LogP contribution < -0.4 is 4.74 Å². The van der Waals surface area contributed by atoms with E-state index in [-0.39, 0.29) is 0 Å². The third-order valence-corrected chi connectivity index (χ3v) is 2.81. The second-order valence-corrected chi connectivity index (χ2v) is 4.94. The van der Waals surface area contributed by atoms with Crippen molar-refractivity contribution in [1.29, 1.82) is 0 Å². The molecular weight excluding hydrogens is 208 g/mol. The first-order valence-electron chi connectivity index (χ1n) is 6.52. The molecule has 0 saturated heterocycles. The standard InChI is InChI=1S/C16H24O/c1-5-14(4)12-15-6-8-16(9-7-15)17-11-10-13(2)3/h6-9,12-13H,5,10-11H2,1-4H3. The Morgan fingerprint density at radius 1 is 1.24 bits per heavy atom. The third-order valence-electron chi connectivity index (χ3n) is 2.81. The summed E-state index contributed by atoms with van der Waals surface area (Å²) in [6, 6.07) is 8.33. The Morgan fingerprint density at radius 3 is 2.41 bits per heavy atom. The van der Waals surface area contributed by atoms with E-state index >= 15 is 0 Å². The minimum atomic E-state index is 0.699. The van der Waals surface area contributed by atoms with Gasteiger partial charge in [0, 0.05) is 0 Å². The van der Waals surface area contributed by atoms with Gasteiger partial charge in [-0.05, 0) is 43.4 Å². The van der Waals surface area contributed by atoms with Gasteiger partial charge in [-0.1, -0.05) is 44.6 Å². The molecule has 0 spiro atoms. The van der Waals surface area contributed by atoms with Gasteiger partial charge < -0.3 is 4.74 Å². The largest absolute Gasteiger partial charge is 0.494 e. The summed E-state index contributed by atoms with van der Waals surface area (Å²) in [6.45, 7) is 9.57. The molecule has 0 bridgehead atoms. The van der Waals surface area contributed by atoms with E-state index in [1.165, 1.54) is 11.1 Å². The van der Waals surface area contributed by atoms with Crippen molar-refractivity contribution in [3.8, 4) is 5.75 Å². The lowest BCUT2D eigenvalue weighted by Crippen LogP contribution is -2.01. The van der Waals surface area contributed by atoms with E-state index in [9.17, 15) is 0 Å². The van der Waals surface area contributed by atoms with Crippen LogP contribution in [0.25, 0.3) is 6.08 Å². The van der Waals surface area contributed by atoms with Gasteiger partial charge in [-0.25, -0.2) is 0 Å². The number of ether oxygens (including phenoxy) is 1. The van der Waals surface area contributed by atoms with Crippen LogP contribution in [0.2, 0.25) is 0 Å². The Hall–Kier alpha value is -1.24. The summed E-state index contributed by atoms with van der Waals surface area (Å²) in [5.74, 6) is 1.67. The smallest absolute Gasteiger partial charge is 0.119 e. The van der Waals surface area contributed by atoms with Crippen LogP contribution in [0.4, 0.5) is 0 Å². The zero-order valence-corrected chi connectivity index (χ0v) is 11.5. The van der Waals surface area contributed by atoms with Crippen molar-refractivity contribution in [3.05, 3.63) is 35.4 Å². The molecule has 1 nitrogen and oxygen atoms in total. The fraction of sp³-hybridized carbons (Fsp3) is 0.500. The molecule has 0 heterocycles. The molecule has 0 saturated carbocycles. The second kappa shape index (κ2) is 7.16. The molecular formula is C16H24O. The maximum Gasteiger partial charge on any atom is 0.119 e. The van der Waals surface area contributed by atoms with Crippen LogP contribution in [0.5, 0.6) is 5.75 Å². The number of benzene rings is 1. The Labute approximate surface area is 106 Å². The van der Waals surface area contributed by atoms with E-state index in [1.54, 1.807) is 0 Å². The summed E-state index contributed by atoms with van der Waals surface area (Å²) in [5.41, 5.74) is 2.65. The predicted molar refractivity (Wildman–Crippen MR) is 75.3 cm³/mol. The van der Waals surface area contributed by atoms with Crippen molar-refractivity contribution in [1.82, 2.24) is 0 Å². The molecule has 0 radical (unpaired) electrons. The monoisotopic (exact) mass is 232 g/mol. The summed E-state index contributed by atoms with van der Waals surface area (Å²) in [7, 11) is 0. The highest BCUT2D eigenvalue weighted by Gasteiger charge is 1.97.